The van der Waals surface area contributed by atoms with Gasteiger partial charge in [-0.05, 0) is 24.0 Å². The molecule has 0 heterocycles. The van der Waals surface area contributed by atoms with E-state index in [9.17, 15) is 4.79 Å². The largest absolute Gasteiger partial charge is 0.327 e. The fraction of sp³-hybridized carbons (Fsp3) is 0.500. The average molecular weight is 219 g/mol. The number of Topliss-reactive ketones (excluding diaryl/α,β-unsaturated/α-hetero) is 1. The molecule has 0 spiro atoms. The minimum atomic E-state index is 0.0161. The Balaban J connectivity index is 2.49. The van der Waals surface area contributed by atoms with Crippen LogP contribution < -0.4 is 5.73 Å². The van der Waals surface area contributed by atoms with E-state index >= 15 is 0 Å². The minimum Gasteiger partial charge on any atom is -0.327 e. The summed E-state index contributed by atoms with van der Waals surface area (Å²) in [4.78, 5) is 11.7. The van der Waals surface area contributed by atoms with Crippen LogP contribution in [0.25, 0.3) is 0 Å². The molecule has 0 aliphatic rings. The van der Waals surface area contributed by atoms with Crippen LogP contribution >= 0.6 is 0 Å². The summed E-state index contributed by atoms with van der Waals surface area (Å²) in [5, 5.41) is 0. The van der Waals surface area contributed by atoms with Crippen molar-refractivity contribution < 1.29 is 4.79 Å². The van der Waals surface area contributed by atoms with Gasteiger partial charge in [-0.3, -0.25) is 4.79 Å². The van der Waals surface area contributed by atoms with Crippen molar-refractivity contribution in [3.63, 3.8) is 0 Å². The molecule has 1 unspecified atom stereocenters. The van der Waals surface area contributed by atoms with Gasteiger partial charge >= 0.3 is 0 Å². The fourth-order valence-corrected chi connectivity index (χ4v) is 1.63. The number of rotatable bonds is 6. The van der Waals surface area contributed by atoms with E-state index in [1.54, 1.807) is 0 Å². The lowest BCUT2D eigenvalue weighted by molar-refractivity contribution is -0.118. The molecule has 0 saturated heterocycles. The number of hydrogen-bond donors (Lipinski definition) is 1. The molecule has 1 aromatic rings. The molecule has 16 heavy (non-hydrogen) atoms. The van der Waals surface area contributed by atoms with Gasteiger partial charge < -0.3 is 5.73 Å². The van der Waals surface area contributed by atoms with Crippen molar-refractivity contribution >= 4 is 5.78 Å². The smallest absolute Gasteiger partial charge is 0.138 e. The van der Waals surface area contributed by atoms with Gasteiger partial charge in [0.25, 0.3) is 0 Å². The Hall–Kier alpha value is -1.15. The van der Waals surface area contributed by atoms with Crippen molar-refractivity contribution in [3.05, 3.63) is 35.4 Å². The van der Waals surface area contributed by atoms with Gasteiger partial charge in [0.15, 0.2) is 0 Å². The molecule has 0 aromatic heterocycles. The first kappa shape index (κ1) is 12.9. The summed E-state index contributed by atoms with van der Waals surface area (Å²) >= 11 is 0. The molecule has 0 saturated carbocycles. The summed E-state index contributed by atoms with van der Waals surface area (Å²) in [5.41, 5.74) is 8.15. The molecule has 0 fully saturated rings. The molecule has 0 aliphatic heterocycles. The lowest BCUT2D eigenvalue weighted by Crippen LogP contribution is -2.23. The molecule has 0 bridgehead atoms. The average Bonchev–Trinajstić information content (AvgIpc) is 2.29. The van der Waals surface area contributed by atoms with Gasteiger partial charge in [-0.25, -0.2) is 0 Å². The second-order valence-electron chi connectivity index (χ2n) is 4.26. The van der Waals surface area contributed by atoms with Crippen molar-refractivity contribution in [2.24, 2.45) is 5.73 Å². The number of aryl methyl sites for hydroxylation is 1. The van der Waals surface area contributed by atoms with Gasteiger partial charge in [0, 0.05) is 18.9 Å². The first-order valence-corrected chi connectivity index (χ1v) is 6.00. The number of ketones is 1. The first-order chi connectivity index (χ1) is 7.65. The predicted molar refractivity (Wildman–Crippen MR) is 67.4 cm³/mol. The summed E-state index contributed by atoms with van der Waals surface area (Å²) in [6.07, 6.45) is 2.90. The third-order valence-corrected chi connectivity index (χ3v) is 2.85. The van der Waals surface area contributed by atoms with Crippen molar-refractivity contribution in [1.29, 1.82) is 0 Å². The van der Waals surface area contributed by atoms with Gasteiger partial charge in [0.05, 0.1) is 0 Å². The summed E-state index contributed by atoms with van der Waals surface area (Å²) in [5.74, 6) is 0.235. The Labute approximate surface area is 97.9 Å². The van der Waals surface area contributed by atoms with E-state index in [0.717, 1.165) is 18.4 Å². The Morgan fingerprint density at radius 1 is 1.19 bits per heavy atom. The molecular weight excluding hydrogens is 198 g/mol. The number of nitrogens with two attached hydrogens (primary N) is 1. The maximum atomic E-state index is 11.7. The lowest BCUT2D eigenvalue weighted by Gasteiger charge is -2.07. The normalized spacial score (nSPS) is 12.4. The van der Waals surface area contributed by atoms with Crippen molar-refractivity contribution in [2.45, 2.75) is 45.6 Å². The van der Waals surface area contributed by atoms with Crippen LogP contribution in [0.4, 0.5) is 0 Å². The van der Waals surface area contributed by atoms with Gasteiger partial charge in [-0.15, -0.1) is 0 Å². The van der Waals surface area contributed by atoms with E-state index in [1.807, 2.05) is 19.1 Å². The van der Waals surface area contributed by atoms with Crippen LogP contribution in [0.2, 0.25) is 0 Å². The number of carbonyl (C=O) groups is 1. The standard InChI is InChI=1S/C14H21NO/c1-3-11-5-7-12(8-6-11)9-14(16)10-13(15)4-2/h5-8,13H,3-4,9-10,15H2,1-2H3. The summed E-state index contributed by atoms with van der Waals surface area (Å²) in [6, 6.07) is 8.26. The quantitative estimate of drug-likeness (QED) is 0.798. The van der Waals surface area contributed by atoms with Gasteiger partial charge in [0.1, 0.15) is 5.78 Å². The van der Waals surface area contributed by atoms with E-state index in [4.69, 9.17) is 5.73 Å². The summed E-state index contributed by atoms with van der Waals surface area (Å²) in [6.45, 7) is 4.13. The van der Waals surface area contributed by atoms with Crippen molar-refractivity contribution in [1.82, 2.24) is 0 Å². The number of carbonyl (C=O) groups excluding carboxylic acids is 1. The third kappa shape index (κ3) is 4.15. The van der Waals surface area contributed by atoms with Crippen LogP contribution in [0.5, 0.6) is 0 Å². The van der Waals surface area contributed by atoms with Crippen LogP contribution in [-0.4, -0.2) is 11.8 Å². The molecule has 2 nitrogen and oxygen atoms in total. The van der Waals surface area contributed by atoms with Crippen molar-refractivity contribution in [2.75, 3.05) is 0 Å². The van der Waals surface area contributed by atoms with Crippen LogP contribution in [0.3, 0.4) is 0 Å². The molecule has 1 aromatic carbocycles. The lowest BCUT2D eigenvalue weighted by atomic mass is 10.0. The van der Waals surface area contributed by atoms with Crippen LogP contribution in [0.15, 0.2) is 24.3 Å². The molecule has 1 rings (SSSR count). The maximum Gasteiger partial charge on any atom is 0.138 e. The molecule has 1 atom stereocenters. The molecule has 88 valence electrons. The Morgan fingerprint density at radius 3 is 2.25 bits per heavy atom. The number of benzene rings is 1. The SMILES string of the molecule is CCc1ccc(CC(=O)CC(N)CC)cc1. The van der Waals surface area contributed by atoms with Crippen molar-refractivity contribution in [3.8, 4) is 0 Å². The highest BCUT2D eigenvalue weighted by molar-refractivity contribution is 5.81. The van der Waals surface area contributed by atoms with Gasteiger partial charge in [-0.1, -0.05) is 38.1 Å². The molecular formula is C14H21NO. The fourth-order valence-electron chi connectivity index (χ4n) is 1.63. The second kappa shape index (κ2) is 6.44. The van der Waals surface area contributed by atoms with Gasteiger partial charge in [-0.2, -0.15) is 0 Å². The predicted octanol–water partition coefficient (Wildman–Crippen LogP) is 2.49. The van der Waals surface area contributed by atoms with E-state index in [2.05, 4.69) is 19.1 Å². The molecule has 0 aliphatic carbocycles. The highest BCUT2D eigenvalue weighted by Crippen LogP contribution is 2.08. The zero-order chi connectivity index (χ0) is 12.0. The highest BCUT2D eigenvalue weighted by Gasteiger charge is 2.08. The van der Waals surface area contributed by atoms with Crippen LogP contribution in [0.1, 0.15) is 37.8 Å². The zero-order valence-corrected chi connectivity index (χ0v) is 10.2. The zero-order valence-electron chi connectivity index (χ0n) is 10.2. The highest BCUT2D eigenvalue weighted by atomic mass is 16.1. The minimum absolute atomic E-state index is 0.0161. The summed E-state index contributed by atoms with van der Waals surface area (Å²) < 4.78 is 0. The topological polar surface area (TPSA) is 43.1 Å². The van der Waals surface area contributed by atoms with E-state index in [0.29, 0.717) is 12.8 Å². The van der Waals surface area contributed by atoms with Crippen LogP contribution in [0, 0.1) is 0 Å². The molecule has 2 N–H and O–H groups in total. The Bertz CT molecular complexity index is 329. The maximum absolute atomic E-state index is 11.7. The van der Waals surface area contributed by atoms with E-state index < -0.39 is 0 Å². The molecule has 0 amide bonds. The van der Waals surface area contributed by atoms with E-state index in [1.165, 1.54) is 5.56 Å². The number of hydrogen-bond acceptors (Lipinski definition) is 2. The second-order valence-corrected chi connectivity index (χ2v) is 4.26. The third-order valence-electron chi connectivity index (χ3n) is 2.85. The first-order valence-electron chi connectivity index (χ1n) is 6.00. The van der Waals surface area contributed by atoms with Crippen LogP contribution in [-0.2, 0) is 17.6 Å². The molecule has 2 heteroatoms. The van der Waals surface area contributed by atoms with E-state index in [-0.39, 0.29) is 11.8 Å². The Morgan fingerprint density at radius 2 is 1.75 bits per heavy atom. The monoisotopic (exact) mass is 219 g/mol. The molecule has 0 radical (unpaired) electrons. The summed E-state index contributed by atoms with van der Waals surface area (Å²) in [7, 11) is 0. The van der Waals surface area contributed by atoms with Gasteiger partial charge in [0.2, 0.25) is 0 Å². The Kier molecular flexibility index (Phi) is 5.20.